The zero-order chi connectivity index (χ0) is 30.9. The smallest absolute Gasteiger partial charge is 0.135 e. The number of hydrogen-bond acceptors (Lipinski definition) is 1. The first-order chi connectivity index (χ1) is 23.3. The van der Waals surface area contributed by atoms with Gasteiger partial charge in [-0.2, -0.15) is 0 Å². The molecule has 0 bridgehead atoms. The zero-order valence-electron chi connectivity index (χ0n) is 25.6. The standard InChI is InChI=1S/C46H28O/c1-2-11-30-27-34(21-20-29(30)10-1)45-38-14-3-5-16-40(38)46(41-17-6-4-15-39(41)45)37-18-9-12-33-26-31(22-24-35(33)37)32-23-25-44-42(28-32)36-13-7-8-19-43(36)47-44/h1-28H. The van der Waals surface area contributed by atoms with E-state index in [1.165, 1.54) is 76.5 Å². The second-order valence-electron chi connectivity index (χ2n) is 12.5. The fraction of sp³-hybridized carbons (Fsp3) is 0. The van der Waals surface area contributed by atoms with Crippen LogP contribution >= 0.6 is 0 Å². The minimum absolute atomic E-state index is 0.920. The van der Waals surface area contributed by atoms with E-state index in [0.29, 0.717) is 0 Å². The molecule has 0 radical (unpaired) electrons. The van der Waals surface area contributed by atoms with E-state index in [9.17, 15) is 0 Å². The fourth-order valence-corrected chi connectivity index (χ4v) is 7.66. The number of benzene rings is 9. The minimum Gasteiger partial charge on any atom is -0.456 e. The summed E-state index contributed by atoms with van der Waals surface area (Å²) < 4.78 is 6.10. The monoisotopic (exact) mass is 596 g/mol. The highest BCUT2D eigenvalue weighted by Crippen LogP contribution is 2.46. The number of fused-ring (bicyclic) bond motifs is 7. The highest BCUT2D eigenvalue weighted by molar-refractivity contribution is 6.24. The van der Waals surface area contributed by atoms with Crippen LogP contribution in [0.4, 0.5) is 0 Å². The second-order valence-corrected chi connectivity index (χ2v) is 12.5. The van der Waals surface area contributed by atoms with E-state index in [2.05, 4.69) is 158 Å². The zero-order valence-corrected chi connectivity index (χ0v) is 25.6. The third kappa shape index (κ3) is 4.03. The Morgan fingerprint density at radius 3 is 1.62 bits per heavy atom. The molecule has 0 amide bonds. The molecule has 0 fully saturated rings. The molecular weight excluding hydrogens is 569 g/mol. The summed E-state index contributed by atoms with van der Waals surface area (Å²) in [5, 5.41) is 12.4. The molecule has 0 aliphatic carbocycles. The molecule has 0 atom stereocenters. The minimum atomic E-state index is 0.920. The lowest BCUT2D eigenvalue weighted by Gasteiger charge is -2.19. The Morgan fingerprint density at radius 1 is 0.277 bits per heavy atom. The summed E-state index contributed by atoms with van der Waals surface area (Å²) in [5.41, 5.74) is 9.30. The predicted octanol–water partition coefficient (Wildman–Crippen LogP) is 13.2. The van der Waals surface area contributed by atoms with Gasteiger partial charge in [-0.15, -0.1) is 0 Å². The first kappa shape index (κ1) is 26.1. The maximum Gasteiger partial charge on any atom is 0.135 e. The van der Waals surface area contributed by atoms with Crippen molar-refractivity contribution in [3.8, 4) is 33.4 Å². The van der Waals surface area contributed by atoms with E-state index in [1.54, 1.807) is 0 Å². The molecule has 0 aliphatic heterocycles. The lowest BCUT2D eigenvalue weighted by Crippen LogP contribution is -1.92. The Hall–Kier alpha value is -6.18. The number of furan rings is 1. The van der Waals surface area contributed by atoms with Crippen LogP contribution in [-0.4, -0.2) is 0 Å². The maximum absolute atomic E-state index is 6.10. The van der Waals surface area contributed by atoms with E-state index in [-0.39, 0.29) is 0 Å². The van der Waals surface area contributed by atoms with E-state index in [0.717, 1.165) is 21.9 Å². The fourth-order valence-electron chi connectivity index (χ4n) is 7.66. The van der Waals surface area contributed by atoms with Crippen LogP contribution in [0.15, 0.2) is 174 Å². The van der Waals surface area contributed by atoms with Crippen molar-refractivity contribution < 1.29 is 4.42 Å². The van der Waals surface area contributed by atoms with Gasteiger partial charge < -0.3 is 4.42 Å². The van der Waals surface area contributed by atoms with E-state index >= 15 is 0 Å². The largest absolute Gasteiger partial charge is 0.456 e. The highest BCUT2D eigenvalue weighted by atomic mass is 16.3. The Morgan fingerprint density at radius 2 is 0.830 bits per heavy atom. The average Bonchev–Trinajstić information content (AvgIpc) is 3.51. The van der Waals surface area contributed by atoms with Gasteiger partial charge in [0.2, 0.25) is 0 Å². The molecule has 1 aromatic heterocycles. The van der Waals surface area contributed by atoms with Crippen LogP contribution in [0.25, 0.3) is 98.4 Å². The van der Waals surface area contributed by atoms with Gasteiger partial charge in [-0.3, -0.25) is 0 Å². The molecule has 0 saturated carbocycles. The van der Waals surface area contributed by atoms with Gasteiger partial charge in [0.1, 0.15) is 11.2 Å². The third-order valence-electron chi connectivity index (χ3n) is 9.83. The van der Waals surface area contributed by atoms with Crippen LogP contribution in [0.5, 0.6) is 0 Å². The predicted molar refractivity (Wildman–Crippen MR) is 200 cm³/mol. The molecule has 10 aromatic rings. The highest BCUT2D eigenvalue weighted by Gasteiger charge is 2.18. The topological polar surface area (TPSA) is 13.1 Å². The maximum atomic E-state index is 6.10. The molecule has 1 heteroatoms. The van der Waals surface area contributed by atoms with Gasteiger partial charge in [0.15, 0.2) is 0 Å². The van der Waals surface area contributed by atoms with E-state index < -0.39 is 0 Å². The summed E-state index contributed by atoms with van der Waals surface area (Å²) in [5.74, 6) is 0. The summed E-state index contributed by atoms with van der Waals surface area (Å²) in [6.45, 7) is 0. The molecular formula is C46H28O. The lowest BCUT2D eigenvalue weighted by molar-refractivity contribution is 0.669. The Balaban J connectivity index is 1.19. The first-order valence-electron chi connectivity index (χ1n) is 16.2. The molecule has 0 unspecified atom stereocenters. The SMILES string of the molecule is c1ccc2cc(-c3c4ccccc4c(-c4cccc5cc(-c6ccc7oc8ccccc8c7c6)ccc45)c4ccccc34)ccc2c1. The molecule has 0 saturated heterocycles. The van der Waals surface area contributed by atoms with Crippen LogP contribution in [0.2, 0.25) is 0 Å². The Labute approximate surface area is 271 Å². The molecule has 0 N–H and O–H groups in total. The third-order valence-corrected chi connectivity index (χ3v) is 9.83. The van der Waals surface area contributed by atoms with Crippen molar-refractivity contribution in [2.45, 2.75) is 0 Å². The van der Waals surface area contributed by atoms with Crippen LogP contribution in [-0.2, 0) is 0 Å². The Kier molecular flexibility index (Phi) is 5.64. The molecule has 0 aliphatic rings. The lowest BCUT2D eigenvalue weighted by atomic mass is 9.84. The molecule has 218 valence electrons. The Bertz CT molecular complexity index is 2800. The van der Waals surface area contributed by atoms with Crippen molar-refractivity contribution in [2.75, 3.05) is 0 Å². The van der Waals surface area contributed by atoms with Gasteiger partial charge in [-0.05, 0) is 107 Å². The van der Waals surface area contributed by atoms with E-state index in [1.807, 2.05) is 12.1 Å². The van der Waals surface area contributed by atoms with Crippen LogP contribution < -0.4 is 0 Å². The molecule has 47 heavy (non-hydrogen) atoms. The average molecular weight is 597 g/mol. The molecule has 1 heterocycles. The van der Waals surface area contributed by atoms with Gasteiger partial charge >= 0.3 is 0 Å². The normalized spacial score (nSPS) is 11.8. The van der Waals surface area contributed by atoms with Crippen LogP contribution in [0, 0.1) is 0 Å². The van der Waals surface area contributed by atoms with Gasteiger partial charge in [0, 0.05) is 10.8 Å². The van der Waals surface area contributed by atoms with Gasteiger partial charge in [-0.1, -0.05) is 140 Å². The first-order valence-corrected chi connectivity index (χ1v) is 16.2. The van der Waals surface area contributed by atoms with Crippen molar-refractivity contribution >= 4 is 65.0 Å². The number of para-hydroxylation sites is 1. The second kappa shape index (κ2) is 10.2. The van der Waals surface area contributed by atoms with Crippen molar-refractivity contribution in [1.82, 2.24) is 0 Å². The van der Waals surface area contributed by atoms with Crippen molar-refractivity contribution in [1.29, 1.82) is 0 Å². The van der Waals surface area contributed by atoms with Gasteiger partial charge in [-0.25, -0.2) is 0 Å². The van der Waals surface area contributed by atoms with Crippen molar-refractivity contribution in [2.24, 2.45) is 0 Å². The molecule has 9 aromatic carbocycles. The quantitative estimate of drug-likeness (QED) is 0.185. The summed E-state index contributed by atoms with van der Waals surface area (Å²) in [4.78, 5) is 0. The summed E-state index contributed by atoms with van der Waals surface area (Å²) in [7, 11) is 0. The molecule has 0 spiro atoms. The number of rotatable bonds is 3. The van der Waals surface area contributed by atoms with Gasteiger partial charge in [0.05, 0.1) is 0 Å². The summed E-state index contributed by atoms with van der Waals surface area (Å²) >= 11 is 0. The van der Waals surface area contributed by atoms with Crippen molar-refractivity contribution in [3.63, 3.8) is 0 Å². The van der Waals surface area contributed by atoms with Crippen LogP contribution in [0.1, 0.15) is 0 Å². The molecule has 10 rings (SSSR count). The van der Waals surface area contributed by atoms with Crippen molar-refractivity contribution in [3.05, 3.63) is 170 Å². The number of hydrogen-bond donors (Lipinski definition) is 0. The van der Waals surface area contributed by atoms with E-state index in [4.69, 9.17) is 4.42 Å². The summed E-state index contributed by atoms with van der Waals surface area (Å²) in [6.07, 6.45) is 0. The van der Waals surface area contributed by atoms with Gasteiger partial charge in [0.25, 0.3) is 0 Å². The van der Waals surface area contributed by atoms with Crippen LogP contribution in [0.3, 0.4) is 0 Å². The summed E-state index contributed by atoms with van der Waals surface area (Å²) in [6, 6.07) is 61.7. The molecule has 1 nitrogen and oxygen atoms in total.